The quantitative estimate of drug-likeness (QED) is 0.0277. The van der Waals surface area contributed by atoms with Crippen LogP contribution < -0.4 is 0 Å². The average Bonchev–Trinajstić information content (AvgIpc) is 1.48. The van der Waals surface area contributed by atoms with Gasteiger partial charge in [0.1, 0.15) is 186 Å². The number of fused-ring (bicyclic) bond motifs is 5. The van der Waals surface area contributed by atoms with Gasteiger partial charge in [-0.05, 0) is 165 Å². The third-order valence-electron chi connectivity index (χ3n) is 28.3. The molecule has 5 saturated heterocycles. The van der Waals surface area contributed by atoms with E-state index in [1.54, 1.807) is 5.57 Å². The molecule has 130 heavy (non-hydrogen) atoms. The summed E-state index contributed by atoms with van der Waals surface area (Å²) in [5, 5.41) is 211. The molecule has 4 unspecified atom stereocenters. The van der Waals surface area contributed by atoms with Crippen LogP contribution in [0.15, 0.2) is 11.6 Å². The highest BCUT2D eigenvalue weighted by molar-refractivity contribution is 8.00. The molecule has 10 rings (SSSR count). The van der Waals surface area contributed by atoms with E-state index in [-0.39, 0.29) is 132 Å². The van der Waals surface area contributed by atoms with E-state index in [2.05, 4.69) is 40.7 Å². The van der Waals surface area contributed by atoms with Crippen molar-refractivity contribution >= 4 is 58.8 Å². The fourth-order valence-electron chi connectivity index (χ4n) is 20.9. The van der Waals surface area contributed by atoms with E-state index in [0.717, 1.165) is 107 Å². The predicted molar refractivity (Wildman–Crippen MR) is 483 cm³/mol. The fraction of sp³-hybridized carbons (Fsp3) is 0.978. The first-order chi connectivity index (χ1) is 62.6. The predicted octanol–water partition coefficient (Wildman–Crippen LogP) is -0.190. The average molecular weight is 1960 g/mol. The highest BCUT2D eigenvalue weighted by Crippen LogP contribution is 2.68. The lowest BCUT2D eigenvalue weighted by Crippen LogP contribution is -2.68. The summed E-state index contributed by atoms with van der Waals surface area (Å²) in [5.74, 6) is 5.92. The maximum absolute atomic E-state index is 11.0. The van der Waals surface area contributed by atoms with E-state index in [9.17, 15) is 102 Å². The number of allylic oxidation sites excluding steroid dienone is 1. The molecule has 10 aliphatic rings. The summed E-state index contributed by atoms with van der Waals surface area (Å²) in [6.07, 6.45) is -18.2. The van der Waals surface area contributed by atoms with Crippen molar-refractivity contribution in [3.63, 3.8) is 0 Å². The van der Waals surface area contributed by atoms with Crippen LogP contribution in [-0.4, -0.2) is 455 Å². The molecule has 9 fully saturated rings. The van der Waals surface area contributed by atoms with Crippen LogP contribution in [0.25, 0.3) is 0 Å². The number of ether oxygens (including phenoxy) is 16. The summed E-state index contributed by atoms with van der Waals surface area (Å²) < 4.78 is 101. The van der Waals surface area contributed by atoms with Crippen LogP contribution in [-0.2, 0) is 75.8 Å². The van der Waals surface area contributed by atoms with Crippen LogP contribution in [0.2, 0.25) is 0 Å². The molecule has 36 nitrogen and oxygen atoms in total. The number of hydrogen-bond donors (Lipinski definition) is 20. The van der Waals surface area contributed by atoms with Crippen LogP contribution in [0.4, 0.5) is 0 Å². The molecule has 5 aliphatic carbocycles. The zero-order chi connectivity index (χ0) is 93.8. The molecule has 0 aromatic heterocycles. The van der Waals surface area contributed by atoms with E-state index in [1.165, 1.54) is 57.8 Å². The molecule has 5 heterocycles. The maximum atomic E-state index is 11.0. The summed E-state index contributed by atoms with van der Waals surface area (Å²) in [5.41, 5.74) is -3.04. The van der Waals surface area contributed by atoms with E-state index >= 15 is 0 Å². The van der Waals surface area contributed by atoms with Gasteiger partial charge in [-0.1, -0.05) is 65.5 Å². The molecule has 5 aliphatic heterocycles. The van der Waals surface area contributed by atoms with Gasteiger partial charge >= 0.3 is 0 Å². The number of rotatable bonds is 58. The Morgan fingerprint density at radius 2 is 0.646 bits per heavy atom. The van der Waals surface area contributed by atoms with Gasteiger partial charge in [0.15, 0.2) is 0 Å². The monoisotopic (exact) mass is 1960 g/mol. The highest BCUT2D eigenvalue weighted by Gasteiger charge is 2.61. The van der Waals surface area contributed by atoms with Crippen LogP contribution >= 0.6 is 58.8 Å². The Hall–Kier alpha value is 0.0500. The topological polar surface area (TPSA) is 552 Å². The standard InChI is InChI=1S/C89H158O36S5/c1-49(2)13-6-14-50(3)54-17-18-55-53-16-15-51-43-52(19-21-88(51,4)56(53)20-22-89(54,55)5)114-37-36-113-35-34-112-33-32-111-31-30-110-23-7-24-115-77-78(116-25-8-38-126-83-72(105)67(100)62(95)57(44-90)121-83)80(118-27-10-40-128-85-74(107)69(102)64(97)59(46-92)123-85)82(120-29-12-42-130-87-76(109)71(104)66(99)61(48-94)125-87)81(119-28-11-41-129-86-75(108)70(103)65(98)60(47-93)124-86)79(77)117-26-9-39-127-84-73(106)68(101)63(96)58(45-91)122-84/h15,49-50,52-87,90-109H,6-14,16-48H2,1-5H3/t50-,52-,53+,54-,55+,56+,57-,58-,59-,60-,61-,62+,63+,64+,65+,66+,67+,68+,69+,70+,71+,72-,73-,74-,75-,76-,77?,78?,79?,80?,81?,82?,83+,84+,85+,86+,87+,88+,89-/m1/s1. The van der Waals surface area contributed by atoms with Crippen LogP contribution in [0.3, 0.4) is 0 Å². The van der Waals surface area contributed by atoms with Crippen molar-refractivity contribution in [2.75, 3.05) is 161 Å². The maximum Gasteiger partial charge on any atom is 0.132 e. The third kappa shape index (κ3) is 30.1. The second-order valence-corrected chi connectivity index (χ2v) is 43.5. The molecule has 0 bridgehead atoms. The molecule has 37 atom stereocenters. The fourth-order valence-corrected chi connectivity index (χ4v) is 26.4. The molecule has 0 radical (unpaired) electrons. The van der Waals surface area contributed by atoms with Gasteiger partial charge in [0.2, 0.25) is 0 Å². The molecular weight excluding hydrogens is 1810 g/mol. The van der Waals surface area contributed by atoms with Crippen molar-refractivity contribution in [2.45, 2.75) is 336 Å². The summed E-state index contributed by atoms with van der Waals surface area (Å²) >= 11 is 5.52. The minimum atomic E-state index is -1.64. The Labute approximate surface area is 786 Å². The third-order valence-corrected chi connectivity index (χ3v) is 34.5. The molecule has 0 amide bonds. The Morgan fingerprint density at radius 1 is 0.331 bits per heavy atom. The number of aliphatic hydroxyl groups is 20. The number of hydrogen-bond acceptors (Lipinski definition) is 41. The van der Waals surface area contributed by atoms with Gasteiger partial charge < -0.3 is 178 Å². The van der Waals surface area contributed by atoms with Gasteiger partial charge in [0.05, 0.1) is 92.0 Å². The lowest BCUT2D eigenvalue weighted by atomic mass is 9.47. The van der Waals surface area contributed by atoms with Crippen LogP contribution in [0, 0.1) is 46.3 Å². The SMILES string of the molecule is CC(C)CCC[C@@H](C)[C@H]1CC[C@H]2[C@@H]3CC=C4C[C@H](OCCOCCOCCOCCOCCCOC5C(OCCCS[C@@H]6O[C@H](CO)[C@H](O)[C@H](O)[C@H]6O)C(OCCCS[C@@H]6O[C@H](CO)[C@H](O)[C@H](O)[C@H]6O)C(OCCCS[C@@H]6O[C@H](CO)[C@H](O)[C@H](O)[C@H]6O)C(OCCCS[C@@H]6O[C@H](CO)[C@H](O)[C@H](O)[C@H]6O)C5OCCCS[C@@H]5O[C@H](CO)[C@H](O)[C@H](O)[C@H]5O)CC[C@]4(C)[C@H]3CC[C@]12C. The molecule has 760 valence electrons. The second kappa shape index (κ2) is 56.8. The molecule has 0 aromatic carbocycles. The molecule has 0 aromatic rings. The van der Waals surface area contributed by atoms with Crippen molar-refractivity contribution in [3.8, 4) is 0 Å². The van der Waals surface area contributed by atoms with E-state index in [1.807, 2.05) is 0 Å². The molecule has 41 heteroatoms. The van der Waals surface area contributed by atoms with Crippen molar-refractivity contribution in [3.05, 3.63) is 11.6 Å². The number of aliphatic hydroxyl groups excluding tert-OH is 20. The zero-order valence-electron chi connectivity index (χ0n) is 76.2. The molecular formula is C89H158O36S5. The largest absolute Gasteiger partial charge is 0.394 e. The van der Waals surface area contributed by atoms with Crippen molar-refractivity contribution in [1.82, 2.24) is 0 Å². The van der Waals surface area contributed by atoms with Gasteiger partial charge in [-0.2, -0.15) is 0 Å². The van der Waals surface area contributed by atoms with Crippen molar-refractivity contribution in [1.29, 1.82) is 0 Å². The summed E-state index contributed by atoms with van der Waals surface area (Å²) in [6.45, 7) is 12.1. The summed E-state index contributed by atoms with van der Waals surface area (Å²) in [6, 6.07) is 0. The first-order valence-corrected chi connectivity index (χ1v) is 52.7. The van der Waals surface area contributed by atoms with Crippen molar-refractivity contribution < 1.29 is 178 Å². The van der Waals surface area contributed by atoms with Crippen LogP contribution in [0.5, 0.6) is 0 Å². The lowest BCUT2D eigenvalue weighted by Gasteiger charge is -2.58. The van der Waals surface area contributed by atoms with Gasteiger partial charge in [-0.25, -0.2) is 0 Å². The van der Waals surface area contributed by atoms with E-state index < -0.39 is 219 Å². The molecule has 0 spiro atoms. The molecule has 20 N–H and O–H groups in total. The molecule has 4 saturated carbocycles. The Kier molecular flexibility index (Phi) is 48.9. The minimum Gasteiger partial charge on any atom is -0.394 e. The highest BCUT2D eigenvalue weighted by atomic mass is 32.2. The lowest BCUT2D eigenvalue weighted by molar-refractivity contribution is -0.282. The Bertz CT molecular complexity index is 3020. The van der Waals surface area contributed by atoms with E-state index in [4.69, 9.17) is 75.8 Å². The first kappa shape index (κ1) is 112. The Balaban J connectivity index is 0.789. The number of thioether (sulfide) groups is 5. The second-order valence-electron chi connectivity index (χ2n) is 37.4. The van der Waals surface area contributed by atoms with Gasteiger partial charge in [-0.15, -0.1) is 58.8 Å². The minimum absolute atomic E-state index is 0.0107. The smallest absolute Gasteiger partial charge is 0.132 e. The van der Waals surface area contributed by atoms with E-state index in [0.29, 0.717) is 51.5 Å². The van der Waals surface area contributed by atoms with Gasteiger partial charge in [0, 0.05) is 46.2 Å². The van der Waals surface area contributed by atoms with Crippen LogP contribution in [0.1, 0.15) is 144 Å². The Morgan fingerprint density at radius 3 is 0.969 bits per heavy atom. The zero-order valence-corrected chi connectivity index (χ0v) is 80.3. The summed E-state index contributed by atoms with van der Waals surface area (Å²) in [7, 11) is 0. The first-order valence-electron chi connectivity index (χ1n) is 47.5. The van der Waals surface area contributed by atoms with Crippen molar-refractivity contribution in [2.24, 2.45) is 46.3 Å². The normalized spacial score (nSPS) is 41.5. The summed E-state index contributed by atoms with van der Waals surface area (Å²) in [4.78, 5) is 0. The van der Waals surface area contributed by atoms with Gasteiger partial charge in [-0.3, -0.25) is 0 Å². The van der Waals surface area contributed by atoms with Gasteiger partial charge in [0.25, 0.3) is 0 Å².